The van der Waals surface area contributed by atoms with E-state index in [1.807, 2.05) is 30.3 Å². The number of nitrogens with one attached hydrogen (secondary N) is 1. The molecular formula is C20H18N2O5. The lowest BCUT2D eigenvalue weighted by molar-refractivity contribution is 0.0574. The summed E-state index contributed by atoms with van der Waals surface area (Å²) in [5.41, 5.74) is -0.717. The number of hydrogen-bond acceptors (Lipinski definition) is 5. The Morgan fingerprint density at radius 3 is 2.26 bits per heavy atom. The lowest BCUT2D eigenvalue weighted by Gasteiger charge is -2.15. The molecule has 0 aliphatic rings. The van der Waals surface area contributed by atoms with Gasteiger partial charge in [-0.05, 0) is 5.56 Å². The fourth-order valence-corrected chi connectivity index (χ4v) is 2.70. The summed E-state index contributed by atoms with van der Waals surface area (Å²) in [6.45, 7) is -0.701. The van der Waals surface area contributed by atoms with E-state index in [0.717, 1.165) is 10.1 Å². The van der Waals surface area contributed by atoms with Crippen molar-refractivity contribution in [2.24, 2.45) is 0 Å². The summed E-state index contributed by atoms with van der Waals surface area (Å²) in [6, 6.07) is 17.6. The zero-order valence-corrected chi connectivity index (χ0v) is 14.4. The number of aliphatic hydroxyl groups is 1. The van der Waals surface area contributed by atoms with Crippen molar-refractivity contribution in [3.63, 3.8) is 0 Å². The number of aliphatic hydroxyl groups excluding tert-OH is 1. The first-order valence-corrected chi connectivity index (χ1v) is 8.30. The number of nitrogens with zero attached hydrogens (tertiary/aromatic N) is 1. The predicted octanol–water partition coefficient (Wildman–Crippen LogP) is 1.43. The topological polar surface area (TPSA) is 101 Å². The number of carbonyl (C=O) groups is 1. The van der Waals surface area contributed by atoms with Crippen LogP contribution in [0.15, 0.2) is 70.3 Å². The maximum Gasteiger partial charge on any atom is 0.330 e. The van der Waals surface area contributed by atoms with Gasteiger partial charge in [-0.25, -0.2) is 4.79 Å². The first-order valence-electron chi connectivity index (χ1n) is 8.30. The molecule has 0 saturated carbocycles. The Morgan fingerprint density at radius 1 is 1.00 bits per heavy atom. The molecule has 7 heteroatoms. The van der Waals surface area contributed by atoms with Crippen LogP contribution in [-0.2, 0) is 24.7 Å². The number of carbonyl (C=O) groups excluding carboxylic acids is 1. The largest absolute Gasteiger partial charge is 0.391 e. The number of aromatic amines is 1. The maximum atomic E-state index is 12.9. The van der Waals surface area contributed by atoms with Crippen LogP contribution < -0.4 is 11.2 Å². The lowest BCUT2D eigenvalue weighted by atomic mass is 10.0. The highest BCUT2D eigenvalue weighted by atomic mass is 16.5. The Morgan fingerprint density at radius 2 is 1.63 bits per heavy atom. The molecule has 0 bridgehead atoms. The van der Waals surface area contributed by atoms with Gasteiger partial charge >= 0.3 is 5.69 Å². The van der Waals surface area contributed by atoms with Gasteiger partial charge in [0.1, 0.15) is 12.4 Å². The summed E-state index contributed by atoms with van der Waals surface area (Å²) in [6.07, 6.45) is 0. The van der Waals surface area contributed by atoms with Crippen LogP contribution in [0.25, 0.3) is 0 Å². The van der Waals surface area contributed by atoms with Gasteiger partial charge < -0.3 is 9.84 Å². The average molecular weight is 366 g/mol. The molecule has 3 aromatic rings. The summed E-state index contributed by atoms with van der Waals surface area (Å²) in [7, 11) is 0. The normalized spacial score (nSPS) is 10.7. The minimum absolute atomic E-state index is 0.174. The molecule has 0 fully saturated rings. The minimum atomic E-state index is -0.791. The highest BCUT2D eigenvalue weighted by Gasteiger charge is 2.22. The molecule has 0 saturated heterocycles. The van der Waals surface area contributed by atoms with Crippen molar-refractivity contribution in [1.29, 1.82) is 0 Å². The van der Waals surface area contributed by atoms with Gasteiger partial charge in [0.15, 0.2) is 0 Å². The van der Waals surface area contributed by atoms with E-state index in [0.29, 0.717) is 5.56 Å². The fraction of sp³-hybridized carbons (Fsp3) is 0.150. The van der Waals surface area contributed by atoms with E-state index in [-0.39, 0.29) is 24.6 Å². The second-order valence-corrected chi connectivity index (χ2v) is 5.83. The monoisotopic (exact) mass is 366 g/mol. The molecule has 1 aromatic heterocycles. The van der Waals surface area contributed by atoms with Gasteiger partial charge in [0, 0.05) is 5.56 Å². The van der Waals surface area contributed by atoms with Gasteiger partial charge in [-0.3, -0.25) is 19.1 Å². The number of ether oxygens (including phenoxy) is 1. The molecule has 7 nitrogen and oxygen atoms in total. The molecule has 1 heterocycles. The molecule has 0 aliphatic carbocycles. The zero-order valence-electron chi connectivity index (χ0n) is 14.4. The Hall–Kier alpha value is -3.29. The standard InChI is InChI=1S/C20H18N2O5/c23-11-16-17(18(24)15-9-5-2-6-10-15)22(20(26)21-19(16)25)13-27-12-14-7-3-1-4-8-14/h1-10,23H,11-13H2,(H,21,25,26). The van der Waals surface area contributed by atoms with Gasteiger partial charge in [0.2, 0.25) is 5.78 Å². The average Bonchev–Trinajstić information content (AvgIpc) is 2.70. The van der Waals surface area contributed by atoms with E-state index < -0.39 is 23.6 Å². The predicted molar refractivity (Wildman–Crippen MR) is 98.4 cm³/mol. The van der Waals surface area contributed by atoms with Crippen LogP contribution >= 0.6 is 0 Å². The van der Waals surface area contributed by atoms with E-state index in [4.69, 9.17) is 4.74 Å². The van der Waals surface area contributed by atoms with Crippen LogP contribution in [0.4, 0.5) is 0 Å². The molecule has 0 aliphatic heterocycles. The molecule has 3 rings (SSSR count). The Kier molecular flexibility index (Phi) is 5.75. The zero-order chi connectivity index (χ0) is 19.2. The van der Waals surface area contributed by atoms with E-state index >= 15 is 0 Å². The second kappa shape index (κ2) is 8.39. The van der Waals surface area contributed by atoms with Gasteiger partial charge in [-0.2, -0.15) is 0 Å². The number of hydrogen-bond donors (Lipinski definition) is 2. The molecular weight excluding hydrogens is 348 g/mol. The summed E-state index contributed by atoms with van der Waals surface area (Å²) in [4.78, 5) is 39.4. The van der Waals surface area contributed by atoms with Crippen LogP contribution in [0.2, 0.25) is 0 Å². The Balaban J connectivity index is 1.98. The molecule has 0 amide bonds. The van der Waals surface area contributed by atoms with Crippen LogP contribution in [0.5, 0.6) is 0 Å². The van der Waals surface area contributed by atoms with Crippen molar-refractivity contribution < 1.29 is 14.6 Å². The van der Waals surface area contributed by atoms with E-state index in [2.05, 4.69) is 4.98 Å². The van der Waals surface area contributed by atoms with E-state index in [1.165, 1.54) is 0 Å². The van der Waals surface area contributed by atoms with Crippen LogP contribution in [-0.4, -0.2) is 20.4 Å². The molecule has 2 N–H and O–H groups in total. The molecule has 0 unspecified atom stereocenters. The molecule has 0 atom stereocenters. The number of benzene rings is 2. The highest BCUT2D eigenvalue weighted by molar-refractivity contribution is 6.08. The van der Waals surface area contributed by atoms with Crippen molar-refractivity contribution in [3.05, 3.63) is 104 Å². The van der Waals surface area contributed by atoms with Gasteiger partial charge in [-0.1, -0.05) is 60.7 Å². The molecule has 0 spiro atoms. The third kappa shape index (κ3) is 4.11. The maximum absolute atomic E-state index is 12.9. The van der Waals surface area contributed by atoms with Gasteiger partial charge in [0.25, 0.3) is 5.56 Å². The first kappa shape index (κ1) is 18.5. The third-order valence-corrected chi connectivity index (χ3v) is 4.04. The van der Waals surface area contributed by atoms with Crippen molar-refractivity contribution >= 4 is 5.78 Å². The third-order valence-electron chi connectivity index (χ3n) is 4.04. The second-order valence-electron chi connectivity index (χ2n) is 5.83. The molecule has 138 valence electrons. The van der Waals surface area contributed by atoms with Gasteiger partial charge in [-0.15, -0.1) is 0 Å². The number of ketones is 1. The molecule has 27 heavy (non-hydrogen) atoms. The van der Waals surface area contributed by atoms with E-state index in [9.17, 15) is 19.5 Å². The van der Waals surface area contributed by atoms with Crippen LogP contribution in [0.3, 0.4) is 0 Å². The van der Waals surface area contributed by atoms with Crippen molar-refractivity contribution in [3.8, 4) is 0 Å². The fourth-order valence-electron chi connectivity index (χ4n) is 2.70. The number of aromatic nitrogens is 2. The summed E-state index contributed by atoms with van der Waals surface area (Å²) in [5.74, 6) is -0.536. The lowest BCUT2D eigenvalue weighted by Crippen LogP contribution is -2.38. The number of H-pyrrole nitrogens is 1. The van der Waals surface area contributed by atoms with Crippen LogP contribution in [0.1, 0.15) is 27.2 Å². The smallest absolute Gasteiger partial charge is 0.330 e. The first-order chi connectivity index (χ1) is 13.1. The highest BCUT2D eigenvalue weighted by Crippen LogP contribution is 2.12. The quantitative estimate of drug-likeness (QED) is 0.616. The Labute approximate surface area is 154 Å². The van der Waals surface area contributed by atoms with Crippen molar-refractivity contribution in [1.82, 2.24) is 9.55 Å². The molecule has 2 aromatic carbocycles. The summed E-state index contributed by atoms with van der Waals surface area (Å²) in [5, 5.41) is 9.59. The SMILES string of the molecule is O=C(c1ccccc1)c1c(CO)c(=O)[nH]c(=O)n1COCc1ccccc1. The minimum Gasteiger partial charge on any atom is -0.391 e. The summed E-state index contributed by atoms with van der Waals surface area (Å²) >= 11 is 0. The van der Waals surface area contributed by atoms with Crippen molar-refractivity contribution in [2.75, 3.05) is 0 Å². The number of rotatable bonds is 7. The van der Waals surface area contributed by atoms with Gasteiger partial charge in [0.05, 0.1) is 18.8 Å². The Bertz CT molecular complexity index is 1040. The molecule has 0 radical (unpaired) electrons. The van der Waals surface area contributed by atoms with E-state index in [1.54, 1.807) is 30.3 Å². The van der Waals surface area contributed by atoms with Crippen molar-refractivity contribution in [2.45, 2.75) is 19.9 Å². The van der Waals surface area contributed by atoms with Crippen LogP contribution in [0, 0.1) is 0 Å². The summed E-state index contributed by atoms with van der Waals surface area (Å²) < 4.78 is 6.59.